The smallest absolute Gasteiger partial charge is 0.295 e. The summed E-state index contributed by atoms with van der Waals surface area (Å²) in [5.74, 6) is -0.314. The third-order valence-corrected chi connectivity index (χ3v) is 5.42. The van der Waals surface area contributed by atoms with Gasteiger partial charge in [-0.05, 0) is 64.3 Å². The molecule has 1 heterocycles. The molecule has 2 aromatic rings. The number of benzene rings is 2. The van der Waals surface area contributed by atoms with E-state index in [1.807, 2.05) is 44.1 Å². The molecule has 1 N–H and O–H groups in total. The highest BCUT2D eigenvalue weighted by molar-refractivity contribution is 6.46. The lowest BCUT2D eigenvalue weighted by atomic mass is 9.94. The average Bonchev–Trinajstić information content (AvgIpc) is 3.04. The van der Waals surface area contributed by atoms with Crippen molar-refractivity contribution in [2.75, 3.05) is 40.9 Å². The van der Waals surface area contributed by atoms with E-state index in [0.29, 0.717) is 42.2 Å². The molecule has 1 saturated heterocycles. The van der Waals surface area contributed by atoms with E-state index in [9.17, 15) is 14.7 Å². The lowest BCUT2D eigenvalue weighted by Gasteiger charge is -2.27. The number of hydrogen-bond acceptors (Lipinski definition) is 6. The monoisotopic (exact) mass is 438 g/mol. The Labute approximate surface area is 188 Å². The molecule has 1 aliphatic rings. The van der Waals surface area contributed by atoms with Crippen LogP contribution in [0.15, 0.2) is 54.1 Å². The first kappa shape index (κ1) is 23.3. The number of Topliss-reactive ketones (excluding diaryl/α,β-unsaturated/α-hetero) is 1. The quantitative estimate of drug-likeness (QED) is 0.367. The second-order valence-electron chi connectivity index (χ2n) is 7.85. The third kappa shape index (κ3) is 4.78. The number of para-hydroxylation sites is 1. The molecule has 170 valence electrons. The van der Waals surface area contributed by atoms with Crippen molar-refractivity contribution in [3.63, 3.8) is 0 Å². The molecule has 7 heteroatoms. The number of hydrogen-bond donors (Lipinski definition) is 1. The van der Waals surface area contributed by atoms with Gasteiger partial charge in [0.2, 0.25) is 0 Å². The van der Waals surface area contributed by atoms with Crippen LogP contribution < -0.4 is 9.47 Å². The third-order valence-electron chi connectivity index (χ3n) is 5.42. The summed E-state index contributed by atoms with van der Waals surface area (Å²) in [6.45, 7) is 3.56. The van der Waals surface area contributed by atoms with Crippen molar-refractivity contribution in [1.29, 1.82) is 0 Å². The standard InChI is InChI=1S/C25H30N2O5/c1-5-32-18-13-11-17(12-14-18)23(28)21-22(19-9-6-7-10-20(19)31-4)27(25(30)24(21)29)16-8-15-26(2)3/h6-7,9-14,22,28H,5,8,15-16H2,1-4H3/b23-21-. The first-order valence-electron chi connectivity index (χ1n) is 10.7. The first-order chi connectivity index (χ1) is 15.4. The first-order valence-corrected chi connectivity index (χ1v) is 10.7. The molecule has 0 aromatic heterocycles. The van der Waals surface area contributed by atoms with E-state index in [-0.39, 0.29) is 11.3 Å². The summed E-state index contributed by atoms with van der Waals surface area (Å²) in [4.78, 5) is 29.7. The number of nitrogens with zero attached hydrogens (tertiary/aromatic N) is 2. The molecule has 3 rings (SSSR count). The molecular formula is C25H30N2O5. The van der Waals surface area contributed by atoms with Crippen molar-refractivity contribution in [2.24, 2.45) is 0 Å². The largest absolute Gasteiger partial charge is 0.507 e. The number of aliphatic hydroxyl groups is 1. The number of rotatable bonds is 9. The van der Waals surface area contributed by atoms with Gasteiger partial charge in [0.15, 0.2) is 0 Å². The predicted molar refractivity (Wildman–Crippen MR) is 123 cm³/mol. The van der Waals surface area contributed by atoms with E-state index in [0.717, 1.165) is 6.54 Å². The van der Waals surface area contributed by atoms with Gasteiger partial charge in [0.25, 0.3) is 11.7 Å². The van der Waals surface area contributed by atoms with E-state index < -0.39 is 17.7 Å². The van der Waals surface area contributed by atoms with E-state index >= 15 is 0 Å². The number of likely N-dealkylation sites (tertiary alicyclic amines) is 1. The fraction of sp³-hybridized carbons (Fsp3) is 0.360. The van der Waals surface area contributed by atoms with Crippen molar-refractivity contribution in [2.45, 2.75) is 19.4 Å². The minimum Gasteiger partial charge on any atom is -0.507 e. The van der Waals surface area contributed by atoms with Gasteiger partial charge in [0, 0.05) is 17.7 Å². The Morgan fingerprint density at radius 2 is 1.78 bits per heavy atom. The molecule has 1 atom stereocenters. The van der Waals surface area contributed by atoms with Crippen LogP contribution in [-0.4, -0.2) is 67.5 Å². The number of amides is 1. The molecule has 0 saturated carbocycles. The number of carbonyl (C=O) groups excluding carboxylic acids is 2. The van der Waals surface area contributed by atoms with E-state index in [1.54, 1.807) is 37.4 Å². The Hall–Kier alpha value is -3.32. The maximum atomic E-state index is 13.1. The molecule has 2 aromatic carbocycles. The van der Waals surface area contributed by atoms with Gasteiger partial charge < -0.3 is 24.4 Å². The highest BCUT2D eigenvalue weighted by Crippen LogP contribution is 2.42. The Morgan fingerprint density at radius 1 is 1.09 bits per heavy atom. The highest BCUT2D eigenvalue weighted by atomic mass is 16.5. The topological polar surface area (TPSA) is 79.3 Å². The van der Waals surface area contributed by atoms with E-state index in [4.69, 9.17) is 9.47 Å². The van der Waals surface area contributed by atoms with Gasteiger partial charge in [-0.2, -0.15) is 0 Å². The molecule has 0 bridgehead atoms. The van der Waals surface area contributed by atoms with Gasteiger partial charge in [0.1, 0.15) is 17.3 Å². The summed E-state index contributed by atoms with van der Waals surface area (Å²) in [6.07, 6.45) is 0.689. The zero-order valence-corrected chi connectivity index (χ0v) is 19.0. The van der Waals surface area contributed by atoms with Crippen LogP contribution in [0.1, 0.15) is 30.5 Å². The normalized spacial score (nSPS) is 17.8. The summed E-state index contributed by atoms with van der Waals surface area (Å²) in [6, 6.07) is 13.3. The Bertz CT molecular complexity index is 998. The van der Waals surface area contributed by atoms with Crippen molar-refractivity contribution < 1.29 is 24.2 Å². The van der Waals surface area contributed by atoms with Gasteiger partial charge in [-0.1, -0.05) is 18.2 Å². The fourth-order valence-electron chi connectivity index (χ4n) is 3.91. The summed E-state index contributed by atoms with van der Waals surface area (Å²) < 4.78 is 11.0. The summed E-state index contributed by atoms with van der Waals surface area (Å²) >= 11 is 0. The summed E-state index contributed by atoms with van der Waals surface area (Å²) in [5, 5.41) is 11.1. The van der Waals surface area contributed by atoms with E-state index in [2.05, 4.69) is 0 Å². The SMILES string of the molecule is CCOc1ccc(/C(O)=C2/C(=O)C(=O)N(CCCN(C)C)C2c2ccccc2OC)cc1. The number of aliphatic hydroxyl groups excluding tert-OH is 1. The van der Waals surface area contributed by atoms with Crippen LogP contribution in [0.2, 0.25) is 0 Å². The zero-order chi connectivity index (χ0) is 23.3. The number of carbonyl (C=O) groups is 2. The molecule has 1 amide bonds. The Morgan fingerprint density at radius 3 is 2.41 bits per heavy atom. The Kier molecular flexibility index (Phi) is 7.53. The minimum atomic E-state index is -0.736. The van der Waals surface area contributed by atoms with Crippen LogP contribution in [0.25, 0.3) is 5.76 Å². The average molecular weight is 439 g/mol. The molecule has 0 aliphatic carbocycles. The van der Waals surface area contributed by atoms with Crippen LogP contribution in [0.3, 0.4) is 0 Å². The van der Waals surface area contributed by atoms with Gasteiger partial charge in [0.05, 0.1) is 25.3 Å². The minimum absolute atomic E-state index is 0.0634. The molecule has 1 fully saturated rings. The fourth-order valence-corrected chi connectivity index (χ4v) is 3.91. The predicted octanol–water partition coefficient (Wildman–Crippen LogP) is 3.47. The van der Waals surface area contributed by atoms with Crippen molar-refractivity contribution in [3.05, 3.63) is 65.2 Å². The molecule has 32 heavy (non-hydrogen) atoms. The molecular weight excluding hydrogens is 408 g/mol. The van der Waals surface area contributed by atoms with Crippen LogP contribution in [0.4, 0.5) is 0 Å². The van der Waals surface area contributed by atoms with Gasteiger partial charge in [-0.25, -0.2) is 0 Å². The second-order valence-corrected chi connectivity index (χ2v) is 7.85. The van der Waals surface area contributed by atoms with Crippen LogP contribution in [0, 0.1) is 0 Å². The zero-order valence-electron chi connectivity index (χ0n) is 19.0. The summed E-state index contributed by atoms with van der Waals surface area (Å²) in [5.41, 5.74) is 1.17. The molecule has 0 spiro atoms. The second kappa shape index (κ2) is 10.3. The molecule has 1 unspecified atom stereocenters. The van der Waals surface area contributed by atoms with E-state index in [1.165, 1.54) is 4.90 Å². The van der Waals surface area contributed by atoms with Gasteiger partial charge in [-0.3, -0.25) is 9.59 Å². The number of methoxy groups -OCH3 is 1. The van der Waals surface area contributed by atoms with Crippen LogP contribution >= 0.6 is 0 Å². The molecule has 1 aliphatic heterocycles. The Balaban J connectivity index is 2.09. The maximum absolute atomic E-state index is 13.1. The number of ketones is 1. The molecule has 0 radical (unpaired) electrons. The van der Waals surface area contributed by atoms with Crippen molar-refractivity contribution in [3.8, 4) is 11.5 Å². The lowest BCUT2D eigenvalue weighted by Crippen LogP contribution is -2.32. The molecule has 7 nitrogen and oxygen atoms in total. The number of ether oxygens (including phenoxy) is 2. The van der Waals surface area contributed by atoms with Crippen molar-refractivity contribution in [1.82, 2.24) is 9.80 Å². The lowest BCUT2D eigenvalue weighted by molar-refractivity contribution is -0.140. The van der Waals surface area contributed by atoms with Crippen LogP contribution in [0.5, 0.6) is 11.5 Å². The summed E-state index contributed by atoms with van der Waals surface area (Å²) in [7, 11) is 5.46. The maximum Gasteiger partial charge on any atom is 0.295 e. The van der Waals surface area contributed by atoms with Crippen molar-refractivity contribution >= 4 is 17.4 Å². The van der Waals surface area contributed by atoms with Gasteiger partial charge in [-0.15, -0.1) is 0 Å². The highest BCUT2D eigenvalue weighted by Gasteiger charge is 2.46. The van der Waals surface area contributed by atoms with Crippen LogP contribution in [-0.2, 0) is 9.59 Å². The van der Waals surface area contributed by atoms with Gasteiger partial charge >= 0.3 is 0 Å².